The van der Waals surface area contributed by atoms with E-state index in [1.807, 2.05) is 0 Å². The zero-order valence-corrected chi connectivity index (χ0v) is 13.2. The van der Waals surface area contributed by atoms with Gasteiger partial charge in [-0.3, -0.25) is 0 Å². The number of rotatable bonds is 11. The summed E-state index contributed by atoms with van der Waals surface area (Å²) >= 11 is 3.31. The average Bonchev–Trinajstić information content (AvgIpc) is 2.47. The fourth-order valence-electron chi connectivity index (χ4n) is 1.62. The van der Waals surface area contributed by atoms with E-state index in [1.54, 1.807) is 12.1 Å². The molecule has 1 aromatic rings. The molecular weight excluding hydrogens is 364 g/mol. The Kier molecular flexibility index (Phi) is 7.97. The Hall–Kier alpha value is -2.10. The van der Waals surface area contributed by atoms with Crippen molar-refractivity contribution < 1.29 is 24.6 Å². The van der Waals surface area contributed by atoms with E-state index in [1.165, 1.54) is 6.07 Å². The van der Waals surface area contributed by atoms with Gasteiger partial charge < -0.3 is 14.4 Å². The van der Waals surface area contributed by atoms with Gasteiger partial charge in [-0.15, -0.1) is 20.2 Å². The molecule has 9 nitrogen and oxygen atoms in total. The molecule has 0 spiro atoms. The largest absolute Gasteiger partial charge is 0.494 e. The molecule has 122 valence electrons. The molecule has 0 fully saturated rings. The molecule has 0 radical (unpaired) electrons. The summed E-state index contributed by atoms with van der Waals surface area (Å²) in [6.45, 7) is -0.0607. The molecule has 0 aromatic heterocycles. The van der Waals surface area contributed by atoms with Crippen LogP contribution in [0.3, 0.4) is 0 Å². The lowest BCUT2D eigenvalue weighted by atomic mass is 10.1. The van der Waals surface area contributed by atoms with E-state index in [2.05, 4.69) is 25.6 Å². The lowest BCUT2D eigenvalue weighted by Crippen LogP contribution is -2.05. The fraction of sp³-hybridized carbons (Fsp3) is 0.500. The van der Waals surface area contributed by atoms with Crippen LogP contribution in [-0.4, -0.2) is 22.1 Å². The molecule has 0 N–H and O–H groups in total. The molecule has 0 unspecified atom stereocenters. The number of benzene rings is 1. The normalized spacial score (nSPS) is 10.0. The summed E-state index contributed by atoms with van der Waals surface area (Å²) in [5.74, 6) is 0.459. The molecule has 0 heterocycles. The van der Waals surface area contributed by atoms with Crippen molar-refractivity contribution in [3.8, 4) is 5.75 Å². The first-order valence-corrected chi connectivity index (χ1v) is 7.49. The SMILES string of the molecule is O=[N+]([O-])OCc1cc(CO[N+](=O)[O-])cc(OCCCCBr)c1. The number of ether oxygens (including phenoxy) is 1. The Bertz CT molecular complexity index is 476. The van der Waals surface area contributed by atoms with Crippen LogP contribution in [0.25, 0.3) is 0 Å². The predicted molar refractivity (Wildman–Crippen MR) is 78.5 cm³/mol. The molecule has 0 atom stereocenters. The van der Waals surface area contributed by atoms with Crippen LogP contribution in [-0.2, 0) is 22.9 Å². The van der Waals surface area contributed by atoms with Crippen LogP contribution in [0, 0.1) is 20.2 Å². The highest BCUT2D eigenvalue weighted by Gasteiger charge is 2.06. The van der Waals surface area contributed by atoms with E-state index in [0.29, 0.717) is 23.5 Å². The van der Waals surface area contributed by atoms with Gasteiger partial charge in [-0.2, -0.15) is 0 Å². The summed E-state index contributed by atoms with van der Waals surface area (Å²) < 4.78 is 5.53. The first kappa shape index (κ1) is 18.0. The van der Waals surface area contributed by atoms with Gasteiger partial charge in [-0.05, 0) is 36.1 Å². The monoisotopic (exact) mass is 378 g/mol. The lowest BCUT2D eigenvalue weighted by molar-refractivity contribution is -0.763. The zero-order valence-electron chi connectivity index (χ0n) is 11.6. The van der Waals surface area contributed by atoms with Gasteiger partial charge in [0.2, 0.25) is 0 Å². The van der Waals surface area contributed by atoms with Gasteiger partial charge in [0.25, 0.3) is 10.2 Å². The van der Waals surface area contributed by atoms with Crippen LogP contribution in [0.1, 0.15) is 24.0 Å². The second-order valence-corrected chi connectivity index (χ2v) is 5.02. The molecule has 0 saturated heterocycles. The highest BCUT2D eigenvalue weighted by atomic mass is 79.9. The van der Waals surface area contributed by atoms with E-state index < -0.39 is 10.2 Å². The van der Waals surface area contributed by atoms with Crippen molar-refractivity contribution >= 4 is 15.9 Å². The summed E-state index contributed by atoms with van der Waals surface area (Å²) in [5.41, 5.74) is 0.938. The summed E-state index contributed by atoms with van der Waals surface area (Å²) in [6.07, 6.45) is 1.78. The van der Waals surface area contributed by atoms with Gasteiger partial charge in [0, 0.05) is 5.33 Å². The van der Waals surface area contributed by atoms with Gasteiger partial charge in [-0.1, -0.05) is 22.0 Å². The predicted octanol–water partition coefficient (Wildman–Crippen LogP) is 2.66. The summed E-state index contributed by atoms with van der Waals surface area (Å²) in [5, 5.41) is 19.5. The third-order valence-electron chi connectivity index (χ3n) is 2.50. The molecule has 0 aliphatic heterocycles. The Morgan fingerprint density at radius 1 is 0.955 bits per heavy atom. The third-order valence-corrected chi connectivity index (χ3v) is 3.06. The quantitative estimate of drug-likeness (QED) is 0.251. The number of halogens is 1. The first-order chi connectivity index (χ1) is 10.5. The molecule has 0 aliphatic carbocycles. The fourth-order valence-corrected chi connectivity index (χ4v) is 2.02. The van der Waals surface area contributed by atoms with Crippen molar-refractivity contribution in [2.45, 2.75) is 26.1 Å². The van der Waals surface area contributed by atoms with E-state index in [-0.39, 0.29) is 13.2 Å². The van der Waals surface area contributed by atoms with E-state index >= 15 is 0 Å². The summed E-state index contributed by atoms with van der Waals surface area (Å²) in [4.78, 5) is 29.1. The van der Waals surface area contributed by atoms with Gasteiger partial charge >= 0.3 is 0 Å². The highest BCUT2D eigenvalue weighted by Crippen LogP contribution is 2.19. The molecule has 22 heavy (non-hydrogen) atoms. The number of nitrogens with zero attached hydrogens (tertiary/aromatic N) is 2. The maximum absolute atomic E-state index is 10.2. The molecule has 1 rings (SSSR count). The standard InChI is InChI=1S/C12H15BrN2O7/c13-3-1-2-4-20-12-6-10(8-21-14(16)17)5-11(7-12)9-22-15(18)19/h5-7H,1-4,8-9H2. The molecule has 0 saturated carbocycles. The van der Waals surface area contributed by atoms with Crippen LogP contribution in [0.2, 0.25) is 0 Å². The Morgan fingerprint density at radius 2 is 1.50 bits per heavy atom. The molecule has 0 aliphatic rings. The van der Waals surface area contributed by atoms with Gasteiger partial charge in [0.15, 0.2) is 0 Å². The minimum absolute atomic E-state index is 0.267. The van der Waals surface area contributed by atoms with Crippen molar-refractivity contribution in [2.75, 3.05) is 11.9 Å². The van der Waals surface area contributed by atoms with E-state index in [9.17, 15) is 20.2 Å². The van der Waals surface area contributed by atoms with Gasteiger partial charge in [0.1, 0.15) is 19.0 Å². The smallest absolute Gasteiger partial charge is 0.294 e. The molecule has 0 bridgehead atoms. The molecule has 1 aromatic carbocycles. The van der Waals surface area contributed by atoms with Crippen LogP contribution < -0.4 is 4.74 Å². The van der Waals surface area contributed by atoms with Crippen molar-refractivity contribution in [2.24, 2.45) is 0 Å². The van der Waals surface area contributed by atoms with Crippen molar-refractivity contribution in [1.29, 1.82) is 0 Å². The second-order valence-electron chi connectivity index (χ2n) is 4.22. The number of hydrogen-bond donors (Lipinski definition) is 0. The molecule has 10 heteroatoms. The van der Waals surface area contributed by atoms with Crippen LogP contribution in [0.4, 0.5) is 0 Å². The summed E-state index contributed by atoms with van der Waals surface area (Å²) in [6, 6.07) is 4.71. The first-order valence-electron chi connectivity index (χ1n) is 6.37. The maximum Gasteiger partial charge on any atom is 0.294 e. The van der Waals surface area contributed by atoms with Gasteiger partial charge in [0.05, 0.1) is 6.61 Å². The van der Waals surface area contributed by atoms with Crippen molar-refractivity contribution in [3.05, 3.63) is 49.6 Å². The minimum Gasteiger partial charge on any atom is -0.494 e. The molecule has 0 amide bonds. The zero-order chi connectivity index (χ0) is 16.4. The van der Waals surface area contributed by atoms with Crippen LogP contribution in [0.15, 0.2) is 18.2 Å². The average molecular weight is 379 g/mol. The van der Waals surface area contributed by atoms with Crippen LogP contribution in [0.5, 0.6) is 5.75 Å². The topological polar surface area (TPSA) is 114 Å². The third kappa shape index (κ3) is 7.62. The molecular formula is C12H15BrN2O7. The van der Waals surface area contributed by atoms with Gasteiger partial charge in [-0.25, -0.2) is 0 Å². The van der Waals surface area contributed by atoms with E-state index in [0.717, 1.165) is 18.2 Å². The number of unbranched alkanes of at least 4 members (excludes halogenated alkanes) is 1. The Balaban J connectivity index is 2.74. The maximum atomic E-state index is 10.2. The van der Waals surface area contributed by atoms with E-state index in [4.69, 9.17) is 4.74 Å². The highest BCUT2D eigenvalue weighted by molar-refractivity contribution is 9.09. The Morgan fingerprint density at radius 3 is 1.95 bits per heavy atom. The minimum atomic E-state index is -0.906. The lowest BCUT2D eigenvalue weighted by Gasteiger charge is -2.10. The summed E-state index contributed by atoms with van der Waals surface area (Å²) in [7, 11) is 0. The number of alkyl halides is 1. The number of hydrogen-bond acceptors (Lipinski definition) is 7. The van der Waals surface area contributed by atoms with Crippen molar-refractivity contribution in [3.63, 3.8) is 0 Å². The second kappa shape index (κ2) is 9.77. The van der Waals surface area contributed by atoms with Crippen LogP contribution >= 0.6 is 15.9 Å². The Labute approximate surface area is 134 Å². The van der Waals surface area contributed by atoms with Crippen molar-refractivity contribution in [1.82, 2.24) is 0 Å².